The van der Waals surface area contributed by atoms with Crippen LogP contribution < -0.4 is 10.3 Å². The van der Waals surface area contributed by atoms with Gasteiger partial charge in [-0.25, -0.2) is 0 Å². The first kappa shape index (κ1) is 17.6. The van der Waals surface area contributed by atoms with E-state index in [0.717, 1.165) is 40.6 Å². The van der Waals surface area contributed by atoms with Gasteiger partial charge in [0.25, 0.3) is 0 Å². The third kappa shape index (κ3) is 4.63. The van der Waals surface area contributed by atoms with E-state index >= 15 is 0 Å². The van der Waals surface area contributed by atoms with Gasteiger partial charge in [0.05, 0.1) is 11.4 Å². The van der Waals surface area contributed by atoms with Crippen molar-refractivity contribution in [2.24, 2.45) is 5.10 Å². The van der Waals surface area contributed by atoms with Gasteiger partial charge in [0.1, 0.15) is 0 Å². The summed E-state index contributed by atoms with van der Waals surface area (Å²) >= 11 is 12.1. The molecule has 23 heavy (non-hydrogen) atoms. The maximum absolute atomic E-state index is 6.14. The van der Waals surface area contributed by atoms with Crippen molar-refractivity contribution in [1.82, 2.24) is 0 Å². The van der Waals surface area contributed by atoms with Crippen LogP contribution in [0.25, 0.3) is 0 Å². The molecule has 2 aromatic carbocycles. The first-order valence-corrected chi connectivity index (χ1v) is 8.36. The molecule has 0 bridgehead atoms. The molecule has 0 saturated heterocycles. The van der Waals surface area contributed by atoms with E-state index in [1.807, 2.05) is 61.4 Å². The molecule has 0 aromatic heterocycles. The third-order valence-electron chi connectivity index (χ3n) is 3.47. The van der Waals surface area contributed by atoms with Crippen LogP contribution in [-0.4, -0.2) is 19.3 Å². The highest BCUT2D eigenvalue weighted by Crippen LogP contribution is 2.23. The van der Waals surface area contributed by atoms with Crippen molar-refractivity contribution in [2.75, 3.05) is 23.9 Å². The number of hydrogen-bond donors (Lipinski definition) is 1. The zero-order chi connectivity index (χ0) is 16.8. The normalized spacial score (nSPS) is 11.4. The molecular weight excluding hydrogens is 329 g/mol. The fourth-order valence-electron chi connectivity index (χ4n) is 2.33. The first-order chi connectivity index (χ1) is 11.0. The topological polar surface area (TPSA) is 27.6 Å². The molecule has 1 N–H and O–H groups in total. The van der Waals surface area contributed by atoms with Gasteiger partial charge in [0.15, 0.2) is 0 Å². The Labute approximate surface area is 147 Å². The van der Waals surface area contributed by atoms with Crippen molar-refractivity contribution in [3.63, 3.8) is 0 Å². The highest BCUT2D eigenvalue weighted by Gasteiger charge is 2.09. The van der Waals surface area contributed by atoms with Crippen LogP contribution in [0, 0.1) is 0 Å². The Balaban J connectivity index is 2.38. The Bertz CT molecular complexity index is 681. The van der Waals surface area contributed by atoms with Crippen LogP contribution in [-0.2, 0) is 0 Å². The van der Waals surface area contributed by atoms with Crippen molar-refractivity contribution in [2.45, 2.75) is 20.3 Å². The number of nitrogens with one attached hydrogen (secondary N) is 1. The number of hydrazone groups is 1. The molecule has 122 valence electrons. The Morgan fingerprint density at radius 1 is 1.09 bits per heavy atom. The second-order valence-electron chi connectivity index (χ2n) is 5.22. The van der Waals surface area contributed by atoms with E-state index < -0.39 is 0 Å². The van der Waals surface area contributed by atoms with Crippen LogP contribution in [0.15, 0.2) is 47.6 Å². The fourth-order valence-corrected chi connectivity index (χ4v) is 2.63. The summed E-state index contributed by atoms with van der Waals surface area (Å²) in [7, 11) is 1.89. The Morgan fingerprint density at radius 2 is 1.74 bits per heavy atom. The zero-order valence-electron chi connectivity index (χ0n) is 13.6. The smallest absolute Gasteiger partial charge is 0.0672 e. The van der Waals surface area contributed by atoms with Crippen LogP contribution in [0.3, 0.4) is 0 Å². The van der Waals surface area contributed by atoms with Gasteiger partial charge in [-0.1, -0.05) is 30.1 Å². The molecule has 0 unspecified atom stereocenters. The van der Waals surface area contributed by atoms with E-state index in [-0.39, 0.29) is 0 Å². The van der Waals surface area contributed by atoms with Crippen molar-refractivity contribution in [1.29, 1.82) is 0 Å². The van der Waals surface area contributed by atoms with Gasteiger partial charge in [0, 0.05) is 34.9 Å². The quantitative estimate of drug-likeness (QED) is 0.536. The molecule has 5 heteroatoms. The van der Waals surface area contributed by atoms with Gasteiger partial charge in [-0.15, -0.1) is 0 Å². The summed E-state index contributed by atoms with van der Waals surface area (Å²) in [6.45, 7) is 4.95. The minimum atomic E-state index is 0.696. The van der Waals surface area contributed by atoms with Crippen LogP contribution in [0.2, 0.25) is 10.0 Å². The molecule has 0 heterocycles. The molecule has 2 rings (SSSR count). The third-order valence-corrected chi connectivity index (χ3v) is 3.96. The van der Waals surface area contributed by atoms with Crippen molar-refractivity contribution in [3.8, 4) is 0 Å². The summed E-state index contributed by atoms with van der Waals surface area (Å²) in [5.41, 5.74) is 3.92. The van der Waals surface area contributed by atoms with Gasteiger partial charge < -0.3 is 5.32 Å². The second-order valence-corrected chi connectivity index (χ2v) is 6.10. The average Bonchev–Trinajstić information content (AvgIpc) is 2.55. The number of anilines is 2. The summed E-state index contributed by atoms with van der Waals surface area (Å²) in [4.78, 5) is 0. The molecule has 0 amide bonds. The fraction of sp³-hybridized carbons (Fsp3) is 0.278. The van der Waals surface area contributed by atoms with Crippen molar-refractivity contribution >= 4 is 40.3 Å². The molecule has 3 nitrogen and oxygen atoms in total. The highest BCUT2D eigenvalue weighted by molar-refractivity contribution is 6.31. The number of halogens is 2. The Kier molecular flexibility index (Phi) is 6.31. The first-order valence-electron chi connectivity index (χ1n) is 7.61. The van der Waals surface area contributed by atoms with Gasteiger partial charge in [-0.3, -0.25) is 5.01 Å². The molecule has 0 fully saturated rings. The minimum absolute atomic E-state index is 0.696. The lowest BCUT2D eigenvalue weighted by molar-refractivity contribution is 0.806. The van der Waals surface area contributed by atoms with Crippen LogP contribution in [0.1, 0.15) is 25.8 Å². The van der Waals surface area contributed by atoms with Gasteiger partial charge in [-0.2, -0.15) is 5.10 Å². The van der Waals surface area contributed by atoms with E-state index in [1.54, 1.807) is 0 Å². The predicted octanol–water partition coefficient (Wildman–Crippen LogP) is 5.68. The summed E-state index contributed by atoms with van der Waals surface area (Å²) in [5, 5.41) is 11.4. The van der Waals surface area contributed by atoms with E-state index in [4.69, 9.17) is 28.3 Å². The van der Waals surface area contributed by atoms with E-state index in [9.17, 15) is 0 Å². The molecule has 0 radical (unpaired) electrons. The van der Waals surface area contributed by atoms with Gasteiger partial charge >= 0.3 is 0 Å². The van der Waals surface area contributed by atoms with Crippen LogP contribution in [0.4, 0.5) is 11.4 Å². The monoisotopic (exact) mass is 349 g/mol. The van der Waals surface area contributed by atoms with E-state index in [2.05, 4.69) is 12.2 Å². The maximum atomic E-state index is 6.14. The summed E-state index contributed by atoms with van der Waals surface area (Å²) in [6, 6.07) is 13.5. The van der Waals surface area contributed by atoms with Crippen molar-refractivity contribution < 1.29 is 0 Å². The lowest BCUT2D eigenvalue weighted by Crippen LogP contribution is -2.19. The second kappa shape index (κ2) is 8.23. The van der Waals surface area contributed by atoms with Crippen molar-refractivity contribution in [3.05, 3.63) is 58.1 Å². The summed E-state index contributed by atoms with van der Waals surface area (Å²) in [6.07, 6.45) is 0.994. The Morgan fingerprint density at radius 3 is 2.35 bits per heavy atom. The molecule has 0 spiro atoms. The number of nitrogens with zero attached hydrogens (tertiary/aromatic N) is 2. The largest absolute Gasteiger partial charge is 0.388 e. The Hall–Kier alpha value is -1.71. The standard InChI is InChI=1S/C18H21Cl2N3/c1-4-11-23(16-8-5-14(19)6-9-16)22-13(2)17-12-15(20)7-10-18(17)21-3/h5-10,12,21H,4,11H2,1-3H3/b22-13-. The predicted molar refractivity (Wildman–Crippen MR) is 102 cm³/mol. The average molecular weight is 350 g/mol. The van der Waals surface area contributed by atoms with Crippen LogP contribution in [0.5, 0.6) is 0 Å². The molecule has 0 aliphatic carbocycles. The lowest BCUT2D eigenvalue weighted by atomic mass is 10.1. The SMILES string of the molecule is CCCN(/N=C(/C)c1cc(Cl)ccc1NC)c1ccc(Cl)cc1. The molecule has 0 saturated carbocycles. The van der Waals surface area contributed by atoms with Gasteiger partial charge in [-0.05, 0) is 55.8 Å². The number of rotatable bonds is 6. The number of hydrogen-bond acceptors (Lipinski definition) is 3. The molecule has 2 aromatic rings. The minimum Gasteiger partial charge on any atom is -0.388 e. The highest BCUT2D eigenvalue weighted by atomic mass is 35.5. The molecule has 0 atom stereocenters. The van der Waals surface area contributed by atoms with Gasteiger partial charge in [0.2, 0.25) is 0 Å². The maximum Gasteiger partial charge on any atom is 0.0672 e. The molecular formula is C18H21Cl2N3. The molecule has 0 aliphatic rings. The van der Waals surface area contributed by atoms with E-state index in [1.165, 1.54) is 0 Å². The summed E-state index contributed by atoms with van der Waals surface area (Å²) < 4.78 is 0. The van der Waals surface area contributed by atoms with Crippen LogP contribution >= 0.6 is 23.2 Å². The molecule has 0 aliphatic heterocycles. The lowest BCUT2D eigenvalue weighted by Gasteiger charge is -2.20. The number of benzene rings is 2. The van der Waals surface area contributed by atoms with E-state index in [0.29, 0.717) is 5.02 Å². The summed E-state index contributed by atoms with van der Waals surface area (Å²) in [5.74, 6) is 0. The zero-order valence-corrected chi connectivity index (χ0v) is 15.1.